The molecule has 2 amide bonds. The van der Waals surface area contributed by atoms with Crippen molar-refractivity contribution in [2.75, 3.05) is 18.4 Å². The number of nitrogens with zero attached hydrogens (tertiary/aromatic N) is 2. The number of hydrogen-bond acceptors (Lipinski definition) is 3. The Balaban J connectivity index is 2.82. The number of benzene rings is 1. The Morgan fingerprint density at radius 2 is 2.20 bits per heavy atom. The van der Waals surface area contributed by atoms with Crippen LogP contribution in [-0.2, 0) is 4.79 Å². The third-order valence-electron chi connectivity index (χ3n) is 2.44. The van der Waals surface area contributed by atoms with Gasteiger partial charge in [-0.15, -0.1) is 0 Å². The number of amides is 2. The van der Waals surface area contributed by atoms with Crippen LogP contribution in [0.3, 0.4) is 0 Å². The Hall–Kier alpha value is -2.62. The van der Waals surface area contributed by atoms with Crippen LogP contribution in [0.5, 0.6) is 0 Å². The van der Waals surface area contributed by atoms with Gasteiger partial charge in [-0.1, -0.05) is 6.92 Å². The lowest BCUT2D eigenvalue weighted by atomic mass is 10.2. The minimum absolute atomic E-state index is 0.192. The Morgan fingerprint density at radius 3 is 2.75 bits per heavy atom. The maximum atomic E-state index is 13.1. The average molecular weight is 279 g/mol. The Kier molecular flexibility index (Phi) is 5.47. The summed E-state index contributed by atoms with van der Waals surface area (Å²) in [7, 11) is 0. The molecule has 1 aromatic carbocycles. The lowest BCUT2D eigenvalue weighted by Crippen LogP contribution is -2.39. The summed E-state index contributed by atoms with van der Waals surface area (Å²) in [5, 5.41) is 19.9. The Morgan fingerprint density at radius 1 is 1.50 bits per heavy atom. The van der Waals surface area contributed by atoms with Crippen LogP contribution < -0.4 is 5.32 Å². The van der Waals surface area contributed by atoms with Gasteiger partial charge in [0.05, 0.1) is 5.56 Å². The normalized spacial score (nSPS) is 9.65. The molecule has 0 atom stereocenters. The van der Waals surface area contributed by atoms with E-state index in [0.29, 0.717) is 6.42 Å². The molecule has 106 valence electrons. The van der Waals surface area contributed by atoms with Crippen molar-refractivity contribution in [1.82, 2.24) is 4.90 Å². The minimum Gasteiger partial charge on any atom is -0.480 e. The highest BCUT2D eigenvalue weighted by Crippen LogP contribution is 2.14. The van der Waals surface area contributed by atoms with E-state index in [1.54, 1.807) is 6.07 Å². The van der Waals surface area contributed by atoms with Gasteiger partial charge in [-0.05, 0) is 24.6 Å². The standard InChI is InChI=1S/C13H14FN3O3/c1-2-5-17(8-12(18)19)13(20)16-10-3-4-11(14)9(6-10)7-15/h3-4,6H,2,5,8H2,1H3,(H,16,20)(H,18,19). The van der Waals surface area contributed by atoms with Gasteiger partial charge in [0.15, 0.2) is 0 Å². The molecular formula is C13H14FN3O3. The smallest absolute Gasteiger partial charge is 0.323 e. The molecule has 0 aliphatic heterocycles. The van der Waals surface area contributed by atoms with E-state index in [1.807, 2.05) is 6.92 Å². The molecule has 0 saturated carbocycles. The molecule has 0 radical (unpaired) electrons. The molecule has 0 bridgehead atoms. The molecule has 0 fully saturated rings. The zero-order chi connectivity index (χ0) is 15.1. The molecule has 0 heterocycles. The summed E-state index contributed by atoms with van der Waals surface area (Å²) in [5.74, 6) is -1.80. The van der Waals surface area contributed by atoms with E-state index in [-0.39, 0.29) is 17.8 Å². The number of anilines is 1. The number of hydrogen-bond donors (Lipinski definition) is 2. The Labute approximate surface area is 115 Å². The number of urea groups is 1. The van der Waals surface area contributed by atoms with Crippen molar-refractivity contribution in [3.63, 3.8) is 0 Å². The second-order valence-electron chi connectivity index (χ2n) is 4.05. The molecule has 7 heteroatoms. The van der Waals surface area contributed by atoms with E-state index in [1.165, 1.54) is 12.1 Å². The van der Waals surface area contributed by atoms with Gasteiger partial charge in [0.1, 0.15) is 18.4 Å². The molecule has 20 heavy (non-hydrogen) atoms. The van der Waals surface area contributed by atoms with Crippen LogP contribution in [-0.4, -0.2) is 35.1 Å². The van der Waals surface area contributed by atoms with Crippen LogP contribution in [0.4, 0.5) is 14.9 Å². The number of rotatable bonds is 5. The zero-order valence-corrected chi connectivity index (χ0v) is 10.9. The summed E-state index contributed by atoms with van der Waals surface area (Å²) < 4.78 is 13.1. The van der Waals surface area contributed by atoms with E-state index >= 15 is 0 Å². The zero-order valence-electron chi connectivity index (χ0n) is 10.9. The van der Waals surface area contributed by atoms with Crippen LogP contribution in [0, 0.1) is 17.1 Å². The predicted molar refractivity (Wildman–Crippen MR) is 69.6 cm³/mol. The first kappa shape index (κ1) is 15.4. The maximum absolute atomic E-state index is 13.1. The highest BCUT2D eigenvalue weighted by atomic mass is 19.1. The molecule has 1 aromatic rings. The van der Waals surface area contributed by atoms with Gasteiger partial charge in [-0.2, -0.15) is 5.26 Å². The lowest BCUT2D eigenvalue weighted by Gasteiger charge is -2.20. The summed E-state index contributed by atoms with van der Waals surface area (Å²) in [4.78, 5) is 23.7. The van der Waals surface area contributed by atoms with Crippen LogP contribution in [0.25, 0.3) is 0 Å². The van der Waals surface area contributed by atoms with E-state index in [4.69, 9.17) is 10.4 Å². The predicted octanol–water partition coefficient (Wildman–Crippen LogP) is 2.03. The van der Waals surface area contributed by atoms with E-state index < -0.39 is 24.4 Å². The van der Waals surface area contributed by atoms with Crippen molar-refractivity contribution in [3.8, 4) is 6.07 Å². The molecule has 0 unspecified atom stereocenters. The van der Waals surface area contributed by atoms with Gasteiger partial charge >= 0.3 is 12.0 Å². The largest absolute Gasteiger partial charge is 0.480 e. The van der Waals surface area contributed by atoms with Crippen molar-refractivity contribution in [2.24, 2.45) is 0 Å². The SMILES string of the molecule is CCCN(CC(=O)O)C(=O)Nc1ccc(F)c(C#N)c1. The van der Waals surface area contributed by atoms with Crippen LogP contribution in [0.1, 0.15) is 18.9 Å². The summed E-state index contributed by atoms with van der Waals surface area (Å²) in [6.45, 7) is 1.67. The molecule has 0 aliphatic carbocycles. The first-order valence-electron chi connectivity index (χ1n) is 5.95. The van der Waals surface area contributed by atoms with E-state index in [9.17, 15) is 14.0 Å². The van der Waals surface area contributed by atoms with Crippen LogP contribution in [0.2, 0.25) is 0 Å². The summed E-state index contributed by atoms with van der Waals surface area (Å²) in [6.07, 6.45) is 0.605. The fraction of sp³-hybridized carbons (Fsp3) is 0.308. The van der Waals surface area contributed by atoms with Gasteiger partial charge in [0.25, 0.3) is 0 Å². The third kappa shape index (κ3) is 4.24. The maximum Gasteiger partial charge on any atom is 0.323 e. The van der Waals surface area contributed by atoms with Gasteiger partial charge in [0.2, 0.25) is 0 Å². The molecular weight excluding hydrogens is 265 g/mol. The monoisotopic (exact) mass is 279 g/mol. The number of carboxylic acids is 1. The molecule has 1 rings (SSSR count). The van der Waals surface area contributed by atoms with Gasteiger partial charge < -0.3 is 15.3 Å². The highest BCUT2D eigenvalue weighted by Gasteiger charge is 2.16. The van der Waals surface area contributed by atoms with Gasteiger partial charge in [-0.3, -0.25) is 4.79 Å². The quantitative estimate of drug-likeness (QED) is 0.862. The van der Waals surface area contributed by atoms with Gasteiger partial charge in [-0.25, -0.2) is 9.18 Å². The number of carbonyl (C=O) groups excluding carboxylic acids is 1. The topological polar surface area (TPSA) is 93.4 Å². The molecule has 0 aliphatic rings. The number of halogens is 1. The van der Waals surface area contributed by atoms with Crippen molar-refractivity contribution in [1.29, 1.82) is 5.26 Å². The minimum atomic E-state index is -1.12. The fourth-order valence-electron chi connectivity index (χ4n) is 1.58. The Bertz CT molecular complexity index is 554. The van der Waals surface area contributed by atoms with Gasteiger partial charge in [0, 0.05) is 12.2 Å². The third-order valence-corrected chi connectivity index (χ3v) is 2.44. The molecule has 2 N–H and O–H groups in total. The number of nitriles is 1. The summed E-state index contributed by atoms with van der Waals surface area (Å²) >= 11 is 0. The number of carboxylic acid groups (broad SMARTS) is 1. The number of nitrogens with one attached hydrogen (secondary N) is 1. The van der Waals surface area contributed by atoms with Crippen molar-refractivity contribution in [2.45, 2.75) is 13.3 Å². The highest BCUT2D eigenvalue weighted by molar-refractivity contribution is 5.91. The molecule has 0 saturated heterocycles. The second-order valence-corrected chi connectivity index (χ2v) is 4.05. The summed E-state index contributed by atoms with van der Waals surface area (Å²) in [5.41, 5.74) is 0.0440. The van der Waals surface area contributed by atoms with Crippen LogP contribution in [0.15, 0.2) is 18.2 Å². The second kappa shape index (κ2) is 7.09. The van der Waals surface area contributed by atoms with Crippen LogP contribution >= 0.6 is 0 Å². The average Bonchev–Trinajstić information content (AvgIpc) is 2.40. The molecule has 0 aromatic heterocycles. The summed E-state index contributed by atoms with van der Waals surface area (Å²) in [6, 6.07) is 4.62. The van der Waals surface area contributed by atoms with E-state index in [0.717, 1.165) is 11.0 Å². The molecule has 0 spiro atoms. The lowest BCUT2D eigenvalue weighted by molar-refractivity contribution is -0.137. The van der Waals surface area contributed by atoms with Crippen molar-refractivity contribution < 1.29 is 19.1 Å². The first-order valence-corrected chi connectivity index (χ1v) is 5.95. The van der Waals surface area contributed by atoms with Crippen molar-refractivity contribution >= 4 is 17.7 Å². The first-order chi connectivity index (χ1) is 9.47. The van der Waals surface area contributed by atoms with E-state index in [2.05, 4.69) is 5.32 Å². The molecule has 6 nitrogen and oxygen atoms in total. The fourth-order valence-corrected chi connectivity index (χ4v) is 1.58. The number of aliphatic carboxylic acids is 1. The van der Waals surface area contributed by atoms with Crippen molar-refractivity contribution in [3.05, 3.63) is 29.6 Å². The number of carbonyl (C=O) groups is 2.